The second-order valence-electron chi connectivity index (χ2n) is 5.80. The molecule has 24 heavy (non-hydrogen) atoms. The molecule has 0 unspecified atom stereocenters. The molecule has 0 saturated carbocycles. The molecule has 0 fully saturated rings. The van der Waals surface area contributed by atoms with Crippen LogP contribution in [-0.2, 0) is 4.74 Å². The fraction of sp³-hybridized carbons (Fsp3) is 0.167. The number of aryl methyl sites for hydroxylation is 2. The smallest absolute Gasteiger partial charge is 0.146 e. The van der Waals surface area contributed by atoms with E-state index >= 15 is 0 Å². The number of aromatic amines is 2. The van der Waals surface area contributed by atoms with Gasteiger partial charge in [-0.25, -0.2) is 4.99 Å². The molecule has 0 aromatic carbocycles. The molecule has 0 amide bonds. The van der Waals surface area contributed by atoms with Gasteiger partial charge in [0, 0.05) is 17.5 Å². The Morgan fingerprint density at radius 1 is 1.21 bits per heavy atom. The molecule has 122 valence electrons. The van der Waals surface area contributed by atoms with Gasteiger partial charge in [0.05, 0.1) is 33.1 Å². The zero-order valence-corrected chi connectivity index (χ0v) is 15.1. The van der Waals surface area contributed by atoms with Crippen molar-refractivity contribution in [1.82, 2.24) is 9.97 Å². The second kappa shape index (κ2) is 5.69. The van der Waals surface area contributed by atoms with Crippen molar-refractivity contribution in [1.29, 1.82) is 0 Å². The standard InChI is InChI=1S/C18H16ClN3OS/c1-9-4-10(2)20-11(9)5-14-16(23-3)6-12(21-14)13-7-17-15(22-13)8-18(19)24-17/h4-8,20,22H,1-3H3. The molecule has 4 heterocycles. The third-order valence-electron chi connectivity index (χ3n) is 4.00. The number of rotatable bonds is 3. The van der Waals surface area contributed by atoms with Crippen molar-refractivity contribution >= 4 is 44.9 Å². The molecule has 6 heteroatoms. The molecule has 4 nitrogen and oxygen atoms in total. The third-order valence-corrected chi connectivity index (χ3v) is 5.21. The van der Waals surface area contributed by atoms with Crippen molar-refractivity contribution in [3.05, 3.63) is 62.7 Å². The van der Waals surface area contributed by atoms with Crippen LogP contribution in [0.1, 0.15) is 22.6 Å². The second-order valence-corrected chi connectivity index (χ2v) is 7.51. The van der Waals surface area contributed by atoms with E-state index < -0.39 is 0 Å². The first-order valence-corrected chi connectivity index (χ1v) is 8.74. The number of thiophene rings is 1. The zero-order chi connectivity index (χ0) is 16.8. The Kier molecular flexibility index (Phi) is 3.62. The molecule has 3 aromatic heterocycles. The van der Waals surface area contributed by atoms with Gasteiger partial charge in [-0.05, 0) is 43.7 Å². The van der Waals surface area contributed by atoms with Crippen LogP contribution in [0.25, 0.3) is 16.3 Å². The lowest BCUT2D eigenvalue weighted by Crippen LogP contribution is -1.93. The number of ether oxygens (including phenoxy) is 1. The van der Waals surface area contributed by atoms with Crippen LogP contribution in [0.15, 0.2) is 40.7 Å². The lowest BCUT2D eigenvalue weighted by Gasteiger charge is -2.01. The largest absolute Gasteiger partial charge is 0.494 e. The van der Waals surface area contributed by atoms with Gasteiger partial charge in [0.15, 0.2) is 0 Å². The van der Waals surface area contributed by atoms with Gasteiger partial charge in [-0.15, -0.1) is 11.3 Å². The van der Waals surface area contributed by atoms with E-state index in [4.69, 9.17) is 21.3 Å². The summed E-state index contributed by atoms with van der Waals surface area (Å²) in [4.78, 5) is 11.4. The number of nitrogens with zero attached hydrogens (tertiary/aromatic N) is 1. The highest BCUT2D eigenvalue weighted by Gasteiger charge is 2.19. The fourth-order valence-corrected chi connectivity index (χ4v) is 4.03. The summed E-state index contributed by atoms with van der Waals surface area (Å²) in [6, 6.07) is 6.12. The number of allylic oxidation sites excluding steroid dienone is 1. The van der Waals surface area contributed by atoms with Crippen LogP contribution in [-0.4, -0.2) is 22.8 Å². The zero-order valence-electron chi connectivity index (χ0n) is 13.5. The Morgan fingerprint density at radius 2 is 2.04 bits per heavy atom. The van der Waals surface area contributed by atoms with E-state index in [-0.39, 0.29) is 0 Å². The topological polar surface area (TPSA) is 53.2 Å². The minimum Gasteiger partial charge on any atom is -0.494 e. The Hall–Kier alpha value is -2.24. The van der Waals surface area contributed by atoms with Crippen molar-refractivity contribution in [2.75, 3.05) is 7.11 Å². The summed E-state index contributed by atoms with van der Waals surface area (Å²) < 4.78 is 7.40. The van der Waals surface area contributed by atoms with Crippen LogP contribution in [0.4, 0.5) is 0 Å². The van der Waals surface area contributed by atoms with Crippen LogP contribution in [0.5, 0.6) is 0 Å². The molecular weight excluding hydrogens is 342 g/mol. The number of H-pyrrole nitrogens is 2. The van der Waals surface area contributed by atoms with E-state index in [1.807, 2.05) is 25.1 Å². The Labute approximate surface area is 148 Å². The molecule has 3 aromatic rings. The Bertz CT molecular complexity index is 1000. The van der Waals surface area contributed by atoms with Crippen molar-refractivity contribution in [2.45, 2.75) is 13.8 Å². The van der Waals surface area contributed by atoms with Crippen molar-refractivity contribution in [2.24, 2.45) is 4.99 Å². The first-order valence-electron chi connectivity index (χ1n) is 7.54. The highest BCUT2D eigenvalue weighted by Crippen LogP contribution is 2.32. The van der Waals surface area contributed by atoms with Crippen LogP contribution in [0.2, 0.25) is 4.34 Å². The van der Waals surface area contributed by atoms with E-state index in [1.54, 1.807) is 18.4 Å². The molecule has 1 aliphatic rings. The quantitative estimate of drug-likeness (QED) is 0.664. The van der Waals surface area contributed by atoms with Gasteiger partial charge in [-0.2, -0.15) is 0 Å². The van der Waals surface area contributed by atoms with E-state index in [0.29, 0.717) is 0 Å². The summed E-state index contributed by atoms with van der Waals surface area (Å²) in [6.07, 6.45) is 3.97. The van der Waals surface area contributed by atoms with E-state index in [2.05, 4.69) is 29.0 Å². The van der Waals surface area contributed by atoms with Gasteiger partial charge >= 0.3 is 0 Å². The lowest BCUT2D eigenvalue weighted by atomic mass is 10.2. The van der Waals surface area contributed by atoms with Crippen molar-refractivity contribution in [3.63, 3.8) is 0 Å². The number of hydrogen-bond acceptors (Lipinski definition) is 3. The third kappa shape index (κ3) is 2.60. The predicted molar refractivity (Wildman–Crippen MR) is 101 cm³/mol. The first-order chi connectivity index (χ1) is 11.5. The van der Waals surface area contributed by atoms with Crippen LogP contribution in [0.3, 0.4) is 0 Å². The van der Waals surface area contributed by atoms with Crippen LogP contribution >= 0.6 is 22.9 Å². The SMILES string of the molecule is COC1=CC(c2cc3sc(Cl)cc3[nH]2)=NC1=Cc1[nH]c(C)cc1C. The number of halogens is 1. The summed E-state index contributed by atoms with van der Waals surface area (Å²) in [5, 5.41) is 0. The fourth-order valence-electron chi connectivity index (χ4n) is 2.89. The summed E-state index contributed by atoms with van der Waals surface area (Å²) >= 11 is 7.59. The normalized spacial score (nSPS) is 16.1. The number of nitrogens with one attached hydrogen (secondary N) is 2. The van der Waals surface area contributed by atoms with Crippen molar-refractivity contribution in [3.8, 4) is 0 Å². The summed E-state index contributed by atoms with van der Waals surface area (Å²) in [5.41, 5.74) is 7.04. The molecule has 0 saturated heterocycles. The number of aromatic nitrogens is 2. The van der Waals surface area contributed by atoms with E-state index in [1.165, 1.54) is 5.56 Å². The van der Waals surface area contributed by atoms with Gasteiger partial charge in [0.1, 0.15) is 11.5 Å². The van der Waals surface area contributed by atoms with Crippen LogP contribution < -0.4 is 0 Å². The van der Waals surface area contributed by atoms with Crippen LogP contribution in [0, 0.1) is 13.8 Å². The highest BCUT2D eigenvalue weighted by molar-refractivity contribution is 7.22. The average molecular weight is 358 g/mol. The van der Waals surface area contributed by atoms with Gasteiger partial charge in [0.25, 0.3) is 0 Å². The molecule has 0 bridgehead atoms. The number of aliphatic imine (C=N–C) groups is 1. The minimum atomic E-state index is 0.757. The lowest BCUT2D eigenvalue weighted by molar-refractivity contribution is 0.303. The predicted octanol–water partition coefficient (Wildman–Crippen LogP) is 5.20. The number of methoxy groups -OCH3 is 1. The molecule has 0 aliphatic carbocycles. The maximum Gasteiger partial charge on any atom is 0.146 e. The number of hydrogen-bond donors (Lipinski definition) is 2. The molecule has 4 rings (SSSR count). The highest BCUT2D eigenvalue weighted by atomic mass is 35.5. The van der Waals surface area contributed by atoms with E-state index in [9.17, 15) is 0 Å². The maximum atomic E-state index is 6.04. The van der Waals surface area contributed by atoms with Gasteiger partial charge in [-0.3, -0.25) is 0 Å². The summed E-state index contributed by atoms with van der Waals surface area (Å²) in [5.74, 6) is 0.757. The molecule has 1 aliphatic heterocycles. The van der Waals surface area contributed by atoms with Gasteiger partial charge in [-0.1, -0.05) is 11.6 Å². The maximum absolute atomic E-state index is 6.04. The molecule has 0 radical (unpaired) electrons. The van der Waals surface area contributed by atoms with Crippen molar-refractivity contribution < 1.29 is 4.74 Å². The van der Waals surface area contributed by atoms with Gasteiger partial charge < -0.3 is 14.7 Å². The molecule has 2 N–H and O–H groups in total. The molecule has 0 spiro atoms. The number of fused-ring (bicyclic) bond motifs is 1. The Morgan fingerprint density at radius 3 is 2.71 bits per heavy atom. The average Bonchev–Trinajstić information content (AvgIpc) is 3.23. The monoisotopic (exact) mass is 357 g/mol. The molecular formula is C18H16ClN3OS. The molecule has 0 atom stereocenters. The van der Waals surface area contributed by atoms with E-state index in [0.717, 1.165) is 48.8 Å². The summed E-state index contributed by atoms with van der Waals surface area (Å²) in [7, 11) is 1.66. The summed E-state index contributed by atoms with van der Waals surface area (Å²) in [6.45, 7) is 4.12. The van der Waals surface area contributed by atoms with Gasteiger partial charge in [0.2, 0.25) is 0 Å². The first kappa shape index (κ1) is 15.3. The Balaban J connectivity index is 1.75. The minimum absolute atomic E-state index is 0.757.